The molecular formula is C15H22N2O3. The average molecular weight is 278 g/mol. The first-order chi connectivity index (χ1) is 9.79. The number of nitrogens with zero attached hydrogens (tertiary/aromatic N) is 1. The van der Waals surface area contributed by atoms with E-state index in [1.54, 1.807) is 4.90 Å². The van der Waals surface area contributed by atoms with E-state index in [1.807, 2.05) is 30.3 Å². The van der Waals surface area contributed by atoms with Gasteiger partial charge in [-0.3, -0.25) is 0 Å². The summed E-state index contributed by atoms with van der Waals surface area (Å²) in [5.74, 6) is 1.02. The van der Waals surface area contributed by atoms with Gasteiger partial charge in [-0.25, -0.2) is 4.79 Å². The van der Waals surface area contributed by atoms with Gasteiger partial charge in [0.25, 0.3) is 0 Å². The van der Waals surface area contributed by atoms with E-state index in [0.717, 1.165) is 25.1 Å². The minimum absolute atomic E-state index is 0.0696. The number of hydrogen-bond donors (Lipinski definition) is 2. The Morgan fingerprint density at radius 1 is 1.40 bits per heavy atom. The van der Waals surface area contributed by atoms with Crippen molar-refractivity contribution >= 4 is 6.03 Å². The average Bonchev–Trinajstić information content (AvgIpc) is 2.52. The summed E-state index contributed by atoms with van der Waals surface area (Å²) in [6.45, 7) is 2.49. The molecule has 2 amide bonds. The van der Waals surface area contributed by atoms with Gasteiger partial charge in [-0.15, -0.1) is 0 Å². The summed E-state index contributed by atoms with van der Waals surface area (Å²) < 4.78 is 5.51. The molecule has 1 fully saturated rings. The number of hydrogen-bond acceptors (Lipinski definition) is 3. The molecule has 1 atom stereocenters. The summed E-state index contributed by atoms with van der Waals surface area (Å²) in [7, 11) is 0. The second kappa shape index (κ2) is 7.75. The van der Waals surface area contributed by atoms with Crippen LogP contribution in [0.25, 0.3) is 0 Å². The van der Waals surface area contributed by atoms with Crippen molar-refractivity contribution in [1.82, 2.24) is 10.2 Å². The zero-order valence-corrected chi connectivity index (χ0v) is 11.6. The smallest absolute Gasteiger partial charge is 0.317 e. The quantitative estimate of drug-likeness (QED) is 0.802. The molecule has 0 aromatic heterocycles. The molecule has 0 bridgehead atoms. The van der Waals surface area contributed by atoms with Gasteiger partial charge in [-0.2, -0.15) is 0 Å². The summed E-state index contributed by atoms with van der Waals surface area (Å²) in [6.07, 6.45) is 1.95. The largest absolute Gasteiger partial charge is 0.492 e. The highest BCUT2D eigenvalue weighted by Crippen LogP contribution is 2.15. The standard InChI is InChI=1S/C15H22N2O3/c18-12-13-5-4-9-17(11-13)15(19)16-8-10-20-14-6-2-1-3-7-14/h1-3,6-7,13,18H,4-5,8-12H2,(H,16,19). The first-order valence-corrected chi connectivity index (χ1v) is 7.11. The number of carbonyl (C=O) groups excluding carboxylic acids is 1. The molecule has 5 heteroatoms. The molecular weight excluding hydrogens is 256 g/mol. The van der Waals surface area contributed by atoms with Crippen molar-refractivity contribution < 1.29 is 14.6 Å². The highest BCUT2D eigenvalue weighted by molar-refractivity contribution is 5.74. The van der Waals surface area contributed by atoms with Crippen molar-refractivity contribution in [3.63, 3.8) is 0 Å². The van der Waals surface area contributed by atoms with Crippen molar-refractivity contribution in [2.24, 2.45) is 5.92 Å². The van der Waals surface area contributed by atoms with Gasteiger partial charge in [0.1, 0.15) is 12.4 Å². The zero-order valence-electron chi connectivity index (χ0n) is 11.6. The lowest BCUT2D eigenvalue weighted by atomic mass is 9.99. The zero-order chi connectivity index (χ0) is 14.2. The third-order valence-corrected chi connectivity index (χ3v) is 3.45. The van der Waals surface area contributed by atoms with E-state index in [2.05, 4.69) is 5.32 Å². The van der Waals surface area contributed by atoms with Crippen LogP contribution in [-0.4, -0.2) is 48.9 Å². The fourth-order valence-electron chi connectivity index (χ4n) is 2.35. The predicted molar refractivity (Wildman–Crippen MR) is 76.7 cm³/mol. The lowest BCUT2D eigenvalue weighted by Crippen LogP contribution is -2.47. The Morgan fingerprint density at radius 2 is 2.20 bits per heavy atom. The van der Waals surface area contributed by atoms with Crippen LogP contribution in [0.3, 0.4) is 0 Å². The predicted octanol–water partition coefficient (Wildman–Crippen LogP) is 1.48. The van der Waals surface area contributed by atoms with Crippen LogP contribution in [0.1, 0.15) is 12.8 Å². The third-order valence-electron chi connectivity index (χ3n) is 3.45. The van der Waals surface area contributed by atoms with Crippen LogP contribution >= 0.6 is 0 Å². The number of nitrogens with one attached hydrogen (secondary N) is 1. The van der Waals surface area contributed by atoms with E-state index in [9.17, 15) is 4.79 Å². The van der Waals surface area contributed by atoms with E-state index in [0.29, 0.717) is 19.7 Å². The maximum absolute atomic E-state index is 11.9. The molecule has 0 aliphatic carbocycles. The Kier molecular flexibility index (Phi) is 5.68. The van der Waals surface area contributed by atoms with Crippen molar-refractivity contribution in [2.75, 3.05) is 32.8 Å². The molecule has 1 heterocycles. The number of benzene rings is 1. The van der Waals surface area contributed by atoms with Crippen molar-refractivity contribution in [3.05, 3.63) is 30.3 Å². The number of amides is 2. The van der Waals surface area contributed by atoms with Gasteiger partial charge >= 0.3 is 6.03 Å². The molecule has 2 rings (SSSR count). The van der Waals surface area contributed by atoms with Crippen LogP contribution in [0.5, 0.6) is 5.75 Å². The lowest BCUT2D eigenvalue weighted by molar-refractivity contribution is 0.129. The van der Waals surface area contributed by atoms with Crippen molar-refractivity contribution in [3.8, 4) is 5.75 Å². The molecule has 1 saturated heterocycles. The van der Waals surface area contributed by atoms with E-state index in [-0.39, 0.29) is 18.6 Å². The van der Waals surface area contributed by atoms with Gasteiger partial charge in [0.05, 0.1) is 6.54 Å². The monoisotopic (exact) mass is 278 g/mol. The topological polar surface area (TPSA) is 61.8 Å². The highest BCUT2D eigenvalue weighted by Gasteiger charge is 2.22. The molecule has 110 valence electrons. The van der Waals surface area contributed by atoms with E-state index in [1.165, 1.54) is 0 Å². The van der Waals surface area contributed by atoms with Gasteiger partial charge in [-0.05, 0) is 30.9 Å². The molecule has 0 spiro atoms. The van der Waals surface area contributed by atoms with Crippen LogP contribution in [-0.2, 0) is 0 Å². The summed E-state index contributed by atoms with van der Waals surface area (Å²) in [5, 5.41) is 12.0. The molecule has 1 aliphatic heterocycles. The van der Waals surface area contributed by atoms with Crippen molar-refractivity contribution in [1.29, 1.82) is 0 Å². The van der Waals surface area contributed by atoms with Gasteiger partial charge in [-0.1, -0.05) is 18.2 Å². The van der Waals surface area contributed by atoms with Gasteiger partial charge < -0.3 is 20.1 Å². The second-order valence-corrected chi connectivity index (χ2v) is 5.03. The Labute approximate surface area is 119 Å². The normalized spacial score (nSPS) is 18.6. The number of ether oxygens (including phenoxy) is 1. The highest BCUT2D eigenvalue weighted by atomic mass is 16.5. The summed E-state index contributed by atoms with van der Waals surface area (Å²) in [6, 6.07) is 9.46. The number of piperidine rings is 1. The molecule has 1 unspecified atom stereocenters. The van der Waals surface area contributed by atoms with Crippen LogP contribution in [0.4, 0.5) is 4.79 Å². The fraction of sp³-hybridized carbons (Fsp3) is 0.533. The van der Waals surface area contributed by atoms with Gasteiger partial charge in [0.15, 0.2) is 0 Å². The number of urea groups is 1. The van der Waals surface area contributed by atoms with E-state index in [4.69, 9.17) is 9.84 Å². The number of aliphatic hydroxyl groups is 1. The van der Waals surface area contributed by atoms with Crippen molar-refractivity contribution in [2.45, 2.75) is 12.8 Å². The molecule has 1 aromatic rings. The van der Waals surface area contributed by atoms with Crippen LogP contribution < -0.4 is 10.1 Å². The van der Waals surface area contributed by atoms with Gasteiger partial charge in [0.2, 0.25) is 0 Å². The minimum atomic E-state index is -0.0696. The molecule has 0 radical (unpaired) electrons. The second-order valence-electron chi connectivity index (χ2n) is 5.03. The Morgan fingerprint density at radius 3 is 2.95 bits per heavy atom. The number of aliphatic hydroxyl groups excluding tert-OH is 1. The minimum Gasteiger partial charge on any atom is -0.492 e. The maximum atomic E-state index is 11.9. The summed E-state index contributed by atoms with van der Waals surface area (Å²) >= 11 is 0. The number of carbonyl (C=O) groups is 1. The number of rotatable bonds is 5. The SMILES string of the molecule is O=C(NCCOc1ccccc1)N1CCCC(CO)C1. The van der Waals surface area contributed by atoms with E-state index >= 15 is 0 Å². The van der Waals surface area contributed by atoms with Crippen LogP contribution in [0.2, 0.25) is 0 Å². The summed E-state index contributed by atoms with van der Waals surface area (Å²) in [4.78, 5) is 13.7. The molecule has 1 aliphatic rings. The van der Waals surface area contributed by atoms with Gasteiger partial charge in [0, 0.05) is 19.7 Å². The molecule has 20 heavy (non-hydrogen) atoms. The fourth-order valence-corrected chi connectivity index (χ4v) is 2.35. The van der Waals surface area contributed by atoms with Crippen LogP contribution in [0.15, 0.2) is 30.3 Å². The number of para-hydroxylation sites is 1. The molecule has 0 saturated carbocycles. The maximum Gasteiger partial charge on any atom is 0.317 e. The van der Waals surface area contributed by atoms with Crippen LogP contribution in [0, 0.1) is 5.92 Å². The van der Waals surface area contributed by atoms with E-state index < -0.39 is 0 Å². The Hall–Kier alpha value is -1.75. The molecule has 2 N–H and O–H groups in total. The number of likely N-dealkylation sites (tertiary alicyclic amines) is 1. The first kappa shape index (κ1) is 14.7. The first-order valence-electron chi connectivity index (χ1n) is 7.11. The lowest BCUT2D eigenvalue weighted by Gasteiger charge is -2.31. The molecule has 1 aromatic carbocycles. The Bertz CT molecular complexity index is 411. The Balaban J connectivity index is 1.65. The summed E-state index contributed by atoms with van der Waals surface area (Å²) in [5.41, 5.74) is 0. The third kappa shape index (κ3) is 4.42. The molecule has 5 nitrogen and oxygen atoms in total.